The molecule has 3 rings (SSSR count). The Bertz CT molecular complexity index is 363. The van der Waals surface area contributed by atoms with Crippen molar-refractivity contribution in [2.24, 2.45) is 5.73 Å². The minimum absolute atomic E-state index is 0.432. The van der Waals surface area contributed by atoms with Crippen molar-refractivity contribution in [2.45, 2.75) is 51.9 Å². The number of nitrogens with one attached hydrogen (secondary N) is 1. The van der Waals surface area contributed by atoms with Crippen LogP contribution < -0.4 is 11.1 Å². The van der Waals surface area contributed by atoms with E-state index < -0.39 is 6.03 Å². The van der Waals surface area contributed by atoms with Gasteiger partial charge in [-0.25, -0.2) is 4.79 Å². The van der Waals surface area contributed by atoms with E-state index in [9.17, 15) is 4.79 Å². The third-order valence-electron chi connectivity index (χ3n) is 3.39. The van der Waals surface area contributed by atoms with Gasteiger partial charge in [-0.05, 0) is 24.0 Å². The van der Waals surface area contributed by atoms with Gasteiger partial charge in [0, 0.05) is 12.5 Å². The van der Waals surface area contributed by atoms with Gasteiger partial charge in [-0.3, -0.25) is 0 Å². The molecule has 0 saturated heterocycles. The summed E-state index contributed by atoms with van der Waals surface area (Å²) in [5.41, 5.74) is 7.89. The predicted molar refractivity (Wildman–Crippen MR) is 80.3 cm³/mol. The fourth-order valence-electron chi connectivity index (χ4n) is 2.22. The summed E-state index contributed by atoms with van der Waals surface area (Å²) in [6, 6.07) is 8.52. The molecule has 2 aliphatic carbocycles. The summed E-state index contributed by atoms with van der Waals surface area (Å²) in [7, 11) is 0. The second-order valence-electron chi connectivity index (χ2n) is 5.01. The highest BCUT2D eigenvalue weighted by Gasteiger charge is 2.21. The Morgan fingerprint density at radius 1 is 1.21 bits per heavy atom. The summed E-state index contributed by atoms with van der Waals surface area (Å²) in [6.07, 6.45) is 6.13. The molecule has 19 heavy (non-hydrogen) atoms. The van der Waals surface area contributed by atoms with Crippen LogP contribution in [0, 0.1) is 0 Å². The average Bonchev–Trinajstić information content (AvgIpc) is 2.40. The molecule has 0 aromatic heterocycles. The highest BCUT2D eigenvalue weighted by molar-refractivity contribution is 5.71. The molecule has 1 aromatic carbocycles. The van der Waals surface area contributed by atoms with Crippen LogP contribution in [0.2, 0.25) is 0 Å². The van der Waals surface area contributed by atoms with Crippen LogP contribution in [0.4, 0.5) is 4.79 Å². The number of rotatable bonds is 6. The first-order valence-corrected chi connectivity index (χ1v) is 7.32. The van der Waals surface area contributed by atoms with Gasteiger partial charge in [-0.2, -0.15) is 0 Å². The van der Waals surface area contributed by atoms with Crippen molar-refractivity contribution in [3.63, 3.8) is 0 Å². The Balaban J connectivity index is 0.000000203. The molecule has 1 aromatic rings. The van der Waals surface area contributed by atoms with E-state index in [0.717, 1.165) is 18.8 Å². The number of carbonyl (C=O) groups excluding carboxylic acids is 1. The monoisotopic (exact) mass is 262 g/mol. The van der Waals surface area contributed by atoms with Crippen LogP contribution in [0.1, 0.15) is 63.0 Å². The van der Waals surface area contributed by atoms with E-state index in [2.05, 4.69) is 43.4 Å². The van der Waals surface area contributed by atoms with E-state index in [0.29, 0.717) is 6.54 Å². The molecule has 0 heterocycles. The molecule has 0 atom stereocenters. The largest absolute Gasteiger partial charge is 0.352 e. The summed E-state index contributed by atoms with van der Waals surface area (Å²) in [5.74, 6) is 0.806. The van der Waals surface area contributed by atoms with Gasteiger partial charge in [-0.1, -0.05) is 57.4 Å². The van der Waals surface area contributed by atoms with E-state index >= 15 is 0 Å². The third-order valence-corrected chi connectivity index (χ3v) is 3.39. The number of fused-ring (bicyclic) bond motifs is 2. The molecule has 0 fully saturated rings. The fraction of sp³-hybridized carbons (Fsp3) is 0.562. The second-order valence-corrected chi connectivity index (χ2v) is 5.01. The maximum atomic E-state index is 9.99. The van der Waals surface area contributed by atoms with E-state index in [4.69, 9.17) is 5.73 Å². The van der Waals surface area contributed by atoms with Gasteiger partial charge < -0.3 is 11.1 Å². The molecular formula is C16H26N2O. The third kappa shape index (κ3) is 5.33. The minimum atomic E-state index is -0.432. The standard InChI is InChI=1S/C11H14.C5H12N2O/c1-2-3-7-11-9-5-4-6-10(11)8-9;1-2-3-4-7-5(6)8/h4-6,8,11H,2-3,7H2,1H3;2-4H2,1H3,(H3,6,7,8). The first kappa shape index (κ1) is 15.5. The predicted octanol–water partition coefficient (Wildman–Crippen LogP) is 3.78. The minimum Gasteiger partial charge on any atom is -0.352 e. The summed E-state index contributed by atoms with van der Waals surface area (Å²) in [5, 5.41) is 2.49. The van der Waals surface area contributed by atoms with Gasteiger partial charge >= 0.3 is 6.03 Å². The number of urea groups is 1. The van der Waals surface area contributed by atoms with Gasteiger partial charge in [0.15, 0.2) is 0 Å². The van der Waals surface area contributed by atoms with Crippen LogP contribution in [-0.4, -0.2) is 12.6 Å². The molecule has 0 spiro atoms. The lowest BCUT2D eigenvalue weighted by Gasteiger charge is -2.26. The van der Waals surface area contributed by atoms with Crippen LogP contribution in [0.3, 0.4) is 0 Å². The number of primary amides is 1. The van der Waals surface area contributed by atoms with Crippen molar-refractivity contribution >= 4 is 6.03 Å². The number of carbonyl (C=O) groups is 1. The Labute approximate surface area is 116 Å². The van der Waals surface area contributed by atoms with Gasteiger partial charge in [0.05, 0.1) is 0 Å². The highest BCUT2D eigenvalue weighted by Crippen LogP contribution is 2.38. The summed E-state index contributed by atoms with van der Waals surface area (Å²) in [4.78, 5) is 9.99. The first-order chi connectivity index (χ1) is 9.19. The topological polar surface area (TPSA) is 55.1 Å². The van der Waals surface area contributed by atoms with Gasteiger partial charge in [-0.15, -0.1) is 0 Å². The molecule has 3 N–H and O–H groups in total. The number of hydrogen-bond donors (Lipinski definition) is 2. The maximum Gasteiger partial charge on any atom is 0.312 e. The van der Waals surface area contributed by atoms with Crippen LogP contribution >= 0.6 is 0 Å². The molecule has 3 heteroatoms. The molecule has 0 aliphatic heterocycles. The van der Waals surface area contributed by atoms with Crippen molar-refractivity contribution < 1.29 is 4.79 Å². The molecule has 106 valence electrons. The van der Waals surface area contributed by atoms with Crippen molar-refractivity contribution in [1.82, 2.24) is 5.32 Å². The summed E-state index contributed by atoms with van der Waals surface area (Å²) < 4.78 is 0. The number of hydrogen-bond acceptors (Lipinski definition) is 1. The molecule has 3 nitrogen and oxygen atoms in total. The van der Waals surface area contributed by atoms with Crippen molar-refractivity contribution in [1.29, 1.82) is 0 Å². The van der Waals surface area contributed by atoms with Crippen molar-refractivity contribution in [2.75, 3.05) is 6.54 Å². The zero-order chi connectivity index (χ0) is 14.1. The highest BCUT2D eigenvalue weighted by atomic mass is 16.2. The Morgan fingerprint density at radius 2 is 1.84 bits per heavy atom. The molecule has 0 saturated carbocycles. The number of nitrogens with two attached hydrogens (primary N) is 1. The lowest BCUT2D eigenvalue weighted by atomic mass is 9.78. The van der Waals surface area contributed by atoms with E-state index in [1.165, 1.54) is 19.3 Å². The molecule has 2 amide bonds. The van der Waals surface area contributed by atoms with E-state index in [1.807, 2.05) is 0 Å². The number of benzene rings is 1. The first-order valence-electron chi connectivity index (χ1n) is 7.32. The lowest BCUT2D eigenvalue weighted by molar-refractivity contribution is 0.249. The molecule has 0 unspecified atom stereocenters. The maximum absolute atomic E-state index is 9.99. The molecule has 2 bridgehead atoms. The van der Waals surface area contributed by atoms with E-state index in [-0.39, 0.29) is 0 Å². The normalized spacial score (nSPS) is 12.1. The molecular weight excluding hydrogens is 236 g/mol. The Morgan fingerprint density at radius 3 is 2.32 bits per heavy atom. The van der Waals surface area contributed by atoms with Crippen LogP contribution in [0.25, 0.3) is 0 Å². The van der Waals surface area contributed by atoms with Crippen LogP contribution in [0.15, 0.2) is 24.3 Å². The van der Waals surface area contributed by atoms with Crippen molar-refractivity contribution in [3.8, 4) is 0 Å². The zero-order valence-electron chi connectivity index (χ0n) is 12.1. The Hall–Kier alpha value is -1.51. The second kappa shape index (κ2) is 8.57. The van der Waals surface area contributed by atoms with Crippen molar-refractivity contribution in [3.05, 3.63) is 35.4 Å². The number of unbranched alkanes of at least 4 members (excludes halogenated alkanes) is 2. The molecule has 2 aliphatic rings. The summed E-state index contributed by atoms with van der Waals surface area (Å²) >= 11 is 0. The number of amides is 2. The molecule has 0 radical (unpaired) electrons. The van der Waals surface area contributed by atoms with Gasteiger partial charge in [0.2, 0.25) is 0 Å². The summed E-state index contributed by atoms with van der Waals surface area (Å²) in [6.45, 7) is 5.02. The lowest BCUT2D eigenvalue weighted by Crippen LogP contribution is -2.29. The SMILES string of the molecule is CCCCC1c2cccc1c2.CCCCNC(N)=O. The van der Waals surface area contributed by atoms with E-state index in [1.54, 1.807) is 11.1 Å². The fourth-order valence-corrected chi connectivity index (χ4v) is 2.22. The van der Waals surface area contributed by atoms with Crippen LogP contribution in [0.5, 0.6) is 0 Å². The van der Waals surface area contributed by atoms with Gasteiger partial charge in [0.1, 0.15) is 0 Å². The quantitative estimate of drug-likeness (QED) is 0.753. The average molecular weight is 262 g/mol. The smallest absolute Gasteiger partial charge is 0.312 e. The van der Waals surface area contributed by atoms with Gasteiger partial charge in [0.25, 0.3) is 0 Å². The Kier molecular flexibility index (Phi) is 7.01. The zero-order valence-corrected chi connectivity index (χ0v) is 12.1. The van der Waals surface area contributed by atoms with Crippen LogP contribution in [-0.2, 0) is 0 Å².